The van der Waals surface area contributed by atoms with Crippen molar-refractivity contribution in [3.63, 3.8) is 0 Å². The Morgan fingerprint density at radius 3 is 2.67 bits per heavy atom. The summed E-state index contributed by atoms with van der Waals surface area (Å²) in [5.41, 5.74) is -0.606. The third kappa shape index (κ3) is 4.19. The van der Waals surface area contributed by atoms with E-state index in [9.17, 15) is 14.7 Å². The number of carboxylic acid groups (broad SMARTS) is 1. The average Bonchev–Trinajstić information content (AvgIpc) is 2.82. The van der Waals surface area contributed by atoms with Crippen molar-refractivity contribution in [1.29, 1.82) is 0 Å². The fourth-order valence-electron chi connectivity index (χ4n) is 3.65. The molecule has 0 aromatic heterocycles. The summed E-state index contributed by atoms with van der Waals surface area (Å²) in [4.78, 5) is 23.5. The molecule has 4 atom stereocenters. The first-order valence-electron chi connectivity index (χ1n) is 8.10. The van der Waals surface area contributed by atoms with Gasteiger partial charge < -0.3 is 15.2 Å². The molecule has 1 aliphatic carbocycles. The van der Waals surface area contributed by atoms with Crippen molar-refractivity contribution in [2.45, 2.75) is 83.0 Å². The Bertz CT molecular complexity index is 398. The molecular weight excluding hydrogens is 270 g/mol. The minimum atomic E-state index is -0.801. The number of hydrogen-bond donors (Lipinski definition) is 2. The van der Waals surface area contributed by atoms with Crippen LogP contribution in [-0.2, 0) is 14.3 Å². The molecule has 0 bridgehead atoms. The van der Waals surface area contributed by atoms with Crippen LogP contribution in [0.15, 0.2) is 0 Å². The fraction of sp³-hybridized carbons (Fsp3) is 0.875. The number of carboxylic acids is 1. The van der Waals surface area contributed by atoms with E-state index >= 15 is 0 Å². The van der Waals surface area contributed by atoms with Gasteiger partial charge in [0.15, 0.2) is 0 Å². The molecule has 2 fully saturated rings. The normalized spacial score (nSPS) is 36.4. The highest BCUT2D eigenvalue weighted by atomic mass is 16.5. The summed E-state index contributed by atoms with van der Waals surface area (Å²) in [5, 5.41) is 12.3. The summed E-state index contributed by atoms with van der Waals surface area (Å²) in [5.74, 6) is -1.32. The van der Waals surface area contributed by atoms with Crippen molar-refractivity contribution in [2.24, 2.45) is 5.92 Å². The zero-order valence-corrected chi connectivity index (χ0v) is 13.1. The average molecular weight is 297 g/mol. The number of hydrogen-bond acceptors (Lipinski definition) is 3. The van der Waals surface area contributed by atoms with Crippen molar-refractivity contribution in [3.8, 4) is 0 Å². The van der Waals surface area contributed by atoms with Gasteiger partial charge in [-0.15, -0.1) is 0 Å². The molecule has 2 rings (SSSR count). The van der Waals surface area contributed by atoms with Crippen LogP contribution in [0.1, 0.15) is 65.2 Å². The van der Waals surface area contributed by atoms with Gasteiger partial charge in [-0.3, -0.25) is 9.59 Å². The molecule has 0 aromatic rings. The van der Waals surface area contributed by atoms with E-state index in [1.165, 1.54) is 0 Å². The Kier molecular flexibility index (Phi) is 5.25. The van der Waals surface area contributed by atoms with Gasteiger partial charge in [0.1, 0.15) is 0 Å². The van der Waals surface area contributed by atoms with Gasteiger partial charge in [-0.25, -0.2) is 0 Å². The third-order valence-electron chi connectivity index (χ3n) is 4.94. The number of carbonyl (C=O) groups excluding carboxylic acids is 1. The fourth-order valence-corrected chi connectivity index (χ4v) is 3.65. The lowest BCUT2D eigenvalue weighted by Crippen LogP contribution is -2.55. The minimum Gasteiger partial charge on any atom is -0.481 e. The summed E-state index contributed by atoms with van der Waals surface area (Å²) in [6.45, 7) is 3.93. The molecule has 0 spiro atoms. The maximum absolute atomic E-state index is 12.2. The standard InChI is InChI=1S/C16H27NO4/c1-11-6-7-12(21-11)8-9-14(18)17-16(2)10-4-3-5-13(16)15(19)20/h11-13H,3-10H2,1-2H3,(H,17,18)(H,19,20). The molecule has 1 heterocycles. The number of carbonyl (C=O) groups is 2. The van der Waals surface area contributed by atoms with Crippen molar-refractivity contribution >= 4 is 11.9 Å². The van der Waals surface area contributed by atoms with Gasteiger partial charge in [-0.2, -0.15) is 0 Å². The van der Waals surface area contributed by atoms with Crippen molar-refractivity contribution in [1.82, 2.24) is 5.32 Å². The van der Waals surface area contributed by atoms with Crippen LogP contribution < -0.4 is 5.32 Å². The molecule has 1 amide bonds. The van der Waals surface area contributed by atoms with Crippen molar-refractivity contribution < 1.29 is 19.4 Å². The van der Waals surface area contributed by atoms with E-state index in [0.29, 0.717) is 18.9 Å². The topological polar surface area (TPSA) is 75.6 Å². The third-order valence-corrected chi connectivity index (χ3v) is 4.94. The number of rotatable bonds is 5. The number of ether oxygens (including phenoxy) is 1. The van der Waals surface area contributed by atoms with Crippen LogP contribution in [0.4, 0.5) is 0 Å². The van der Waals surface area contributed by atoms with Gasteiger partial charge in [-0.1, -0.05) is 12.8 Å². The van der Waals surface area contributed by atoms with E-state index in [0.717, 1.165) is 38.5 Å². The molecule has 120 valence electrons. The van der Waals surface area contributed by atoms with Gasteiger partial charge in [0.2, 0.25) is 5.91 Å². The van der Waals surface area contributed by atoms with E-state index in [-0.39, 0.29) is 12.0 Å². The highest BCUT2D eigenvalue weighted by Crippen LogP contribution is 2.34. The Balaban J connectivity index is 1.83. The predicted molar refractivity (Wildman–Crippen MR) is 78.9 cm³/mol. The van der Waals surface area contributed by atoms with E-state index < -0.39 is 17.4 Å². The van der Waals surface area contributed by atoms with Gasteiger partial charge >= 0.3 is 5.97 Å². The summed E-state index contributed by atoms with van der Waals surface area (Å²) in [6.07, 6.45) is 6.99. The highest BCUT2D eigenvalue weighted by Gasteiger charge is 2.42. The highest BCUT2D eigenvalue weighted by molar-refractivity contribution is 5.79. The Morgan fingerprint density at radius 2 is 2.05 bits per heavy atom. The summed E-state index contributed by atoms with van der Waals surface area (Å²) >= 11 is 0. The molecule has 5 nitrogen and oxygen atoms in total. The predicted octanol–water partition coefficient (Wildman–Crippen LogP) is 2.48. The Morgan fingerprint density at radius 1 is 1.29 bits per heavy atom. The number of aliphatic carboxylic acids is 1. The molecule has 5 heteroatoms. The van der Waals surface area contributed by atoms with E-state index in [2.05, 4.69) is 12.2 Å². The number of amides is 1. The second-order valence-corrected chi connectivity index (χ2v) is 6.79. The van der Waals surface area contributed by atoms with Crippen molar-refractivity contribution in [2.75, 3.05) is 0 Å². The van der Waals surface area contributed by atoms with Crippen LogP contribution in [0.3, 0.4) is 0 Å². The Labute approximate surface area is 126 Å². The minimum absolute atomic E-state index is 0.0474. The van der Waals surface area contributed by atoms with Crippen LogP contribution >= 0.6 is 0 Å². The van der Waals surface area contributed by atoms with Crippen LogP contribution in [0.25, 0.3) is 0 Å². The SMILES string of the molecule is CC1CCC(CCC(=O)NC2(C)CCCCC2C(=O)O)O1. The molecule has 1 saturated carbocycles. The lowest BCUT2D eigenvalue weighted by atomic mass is 9.74. The summed E-state index contributed by atoms with van der Waals surface area (Å²) in [7, 11) is 0. The largest absolute Gasteiger partial charge is 0.481 e. The van der Waals surface area contributed by atoms with Gasteiger partial charge in [0, 0.05) is 6.42 Å². The molecule has 1 aliphatic heterocycles. The van der Waals surface area contributed by atoms with Crippen LogP contribution in [-0.4, -0.2) is 34.7 Å². The zero-order valence-electron chi connectivity index (χ0n) is 13.1. The van der Waals surface area contributed by atoms with E-state index in [1.807, 2.05) is 6.92 Å². The molecular formula is C16H27NO4. The van der Waals surface area contributed by atoms with Gasteiger partial charge in [-0.05, 0) is 46.0 Å². The van der Waals surface area contributed by atoms with Crippen LogP contribution in [0, 0.1) is 5.92 Å². The van der Waals surface area contributed by atoms with Gasteiger partial charge in [0.25, 0.3) is 0 Å². The maximum atomic E-state index is 12.2. The zero-order chi connectivity index (χ0) is 15.5. The lowest BCUT2D eigenvalue weighted by Gasteiger charge is -2.39. The molecule has 1 saturated heterocycles. The molecule has 0 aromatic carbocycles. The first kappa shape index (κ1) is 16.3. The van der Waals surface area contributed by atoms with E-state index in [4.69, 9.17) is 4.74 Å². The second kappa shape index (κ2) is 6.77. The van der Waals surface area contributed by atoms with E-state index in [1.54, 1.807) is 0 Å². The number of nitrogens with one attached hydrogen (secondary N) is 1. The molecule has 0 radical (unpaired) electrons. The maximum Gasteiger partial charge on any atom is 0.308 e. The van der Waals surface area contributed by atoms with Gasteiger partial charge in [0.05, 0.1) is 23.7 Å². The first-order chi connectivity index (χ1) is 9.90. The summed E-state index contributed by atoms with van der Waals surface area (Å²) in [6, 6.07) is 0. The monoisotopic (exact) mass is 297 g/mol. The molecule has 2 aliphatic rings. The first-order valence-corrected chi connectivity index (χ1v) is 8.10. The Hall–Kier alpha value is -1.10. The second-order valence-electron chi connectivity index (χ2n) is 6.79. The molecule has 4 unspecified atom stereocenters. The van der Waals surface area contributed by atoms with Crippen molar-refractivity contribution in [3.05, 3.63) is 0 Å². The molecule has 2 N–H and O–H groups in total. The van der Waals surface area contributed by atoms with Crippen LogP contribution in [0.2, 0.25) is 0 Å². The smallest absolute Gasteiger partial charge is 0.308 e. The summed E-state index contributed by atoms with van der Waals surface area (Å²) < 4.78 is 5.71. The lowest BCUT2D eigenvalue weighted by molar-refractivity contribution is -0.146. The van der Waals surface area contributed by atoms with Crippen LogP contribution in [0.5, 0.6) is 0 Å². The quantitative estimate of drug-likeness (QED) is 0.817. The molecule has 21 heavy (non-hydrogen) atoms.